The van der Waals surface area contributed by atoms with Crippen LogP contribution in [-0.2, 0) is 16.6 Å². The van der Waals surface area contributed by atoms with Gasteiger partial charge in [-0.25, -0.2) is 13.4 Å². The number of aliphatic hydroxyl groups is 1. The van der Waals surface area contributed by atoms with Gasteiger partial charge in [-0.05, 0) is 18.4 Å². The lowest BCUT2D eigenvalue weighted by molar-refractivity contribution is 0.282. The van der Waals surface area contributed by atoms with Gasteiger partial charge in [0.2, 0.25) is 10.0 Å². The maximum Gasteiger partial charge on any atom is 0.236 e. The third-order valence-corrected chi connectivity index (χ3v) is 5.14. The Morgan fingerprint density at radius 3 is 2.43 bits per heavy atom. The molecular weight excluding hydrogens is 290 g/mol. The lowest BCUT2D eigenvalue weighted by Gasteiger charge is -2.10. The number of aromatic nitrogens is 2. The third kappa shape index (κ3) is 3.03. The average Bonchev–Trinajstić information content (AvgIpc) is 3.33. The fraction of sp³-hybridized carbons (Fsp3) is 0.286. The summed E-state index contributed by atoms with van der Waals surface area (Å²) in [5.41, 5.74) is 2.00. The maximum absolute atomic E-state index is 12.0. The second kappa shape index (κ2) is 5.42. The van der Waals surface area contributed by atoms with Gasteiger partial charge >= 0.3 is 0 Å². The molecule has 1 heterocycles. The fourth-order valence-corrected chi connectivity index (χ4v) is 3.33. The zero-order chi connectivity index (χ0) is 14.9. The van der Waals surface area contributed by atoms with Crippen LogP contribution in [0.5, 0.6) is 0 Å². The molecule has 0 aliphatic heterocycles. The summed E-state index contributed by atoms with van der Waals surface area (Å²) in [6.07, 6.45) is 4.35. The van der Waals surface area contributed by atoms with Crippen molar-refractivity contribution in [3.8, 4) is 11.3 Å². The highest BCUT2D eigenvalue weighted by molar-refractivity contribution is 7.93. The van der Waals surface area contributed by atoms with Crippen LogP contribution in [0, 0.1) is 0 Å². The van der Waals surface area contributed by atoms with E-state index in [0.29, 0.717) is 18.5 Å². The summed E-state index contributed by atoms with van der Waals surface area (Å²) in [6.45, 7) is -0.0398. The van der Waals surface area contributed by atoms with Crippen LogP contribution in [0.15, 0.2) is 36.7 Å². The Balaban J connectivity index is 1.95. The lowest BCUT2D eigenvalue weighted by atomic mass is 10.1. The zero-order valence-electron chi connectivity index (χ0n) is 11.2. The highest BCUT2D eigenvalue weighted by Gasteiger charge is 2.36. The Morgan fingerprint density at radius 2 is 1.81 bits per heavy atom. The Hall–Kier alpha value is -1.99. The Morgan fingerprint density at radius 1 is 1.14 bits per heavy atom. The van der Waals surface area contributed by atoms with Gasteiger partial charge in [0.25, 0.3) is 0 Å². The van der Waals surface area contributed by atoms with E-state index in [4.69, 9.17) is 5.11 Å². The highest BCUT2D eigenvalue weighted by Crippen LogP contribution is 2.31. The van der Waals surface area contributed by atoms with Gasteiger partial charge in [0.1, 0.15) is 5.69 Å². The lowest BCUT2D eigenvalue weighted by Crippen LogP contribution is -2.19. The topological polar surface area (TPSA) is 92.2 Å². The van der Waals surface area contributed by atoms with Crippen LogP contribution in [0.2, 0.25) is 0 Å². The van der Waals surface area contributed by atoms with E-state index in [9.17, 15) is 8.42 Å². The number of hydrogen-bond acceptors (Lipinski definition) is 5. The number of nitrogens with one attached hydrogen (secondary N) is 1. The van der Waals surface area contributed by atoms with Crippen molar-refractivity contribution >= 4 is 15.8 Å². The molecule has 0 radical (unpaired) electrons. The first-order chi connectivity index (χ1) is 10.1. The number of aliphatic hydroxyl groups excluding tert-OH is 1. The molecule has 0 amide bonds. The molecule has 3 rings (SSSR count). The standard InChI is InChI=1S/C14H15N3O3S/c18-9-10-1-3-11(4-2-10)13-14(16-8-7-15-13)17-21(19,20)12-5-6-12/h1-4,7-8,12,18H,5-6,9H2,(H,16,17). The first kappa shape index (κ1) is 14.0. The van der Waals surface area contributed by atoms with Gasteiger partial charge in [-0.15, -0.1) is 0 Å². The van der Waals surface area contributed by atoms with Gasteiger partial charge in [0, 0.05) is 18.0 Å². The normalized spacial score (nSPS) is 14.9. The van der Waals surface area contributed by atoms with Gasteiger partial charge in [0.15, 0.2) is 5.82 Å². The summed E-state index contributed by atoms with van der Waals surface area (Å²) in [6, 6.07) is 7.10. The highest BCUT2D eigenvalue weighted by atomic mass is 32.2. The summed E-state index contributed by atoms with van der Waals surface area (Å²) in [5, 5.41) is 8.74. The number of anilines is 1. The molecule has 7 heteroatoms. The molecule has 1 aliphatic rings. The van der Waals surface area contributed by atoms with Crippen LogP contribution in [0.3, 0.4) is 0 Å². The maximum atomic E-state index is 12.0. The largest absolute Gasteiger partial charge is 0.392 e. The minimum absolute atomic E-state index is 0.0398. The summed E-state index contributed by atoms with van der Waals surface area (Å²) < 4.78 is 26.6. The van der Waals surface area contributed by atoms with E-state index in [2.05, 4.69) is 14.7 Å². The fourth-order valence-electron chi connectivity index (χ4n) is 1.99. The van der Waals surface area contributed by atoms with Crippen LogP contribution in [0.4, 0.5) is 5.82 Å². The molecule has 110 valence electrons. The molecule has 0 atom stereocenters. The van der Waals surface area contributed by atoms with Gasteiger partial charge < -0.3 is 5.11 Å². The van der Waals surface area contributed by atoms with Crippen molar-refractivity contribution in [2.45, 2.75) is 24.7 Å². The van der Waals surface area contributed by atoms with E-state index in [1.165, 1.54) is 12.4 Å². The number of sulfonamides is 1. The van der Waals surface area contributed by atoms with E-state index in [0.717, 1.165) is 11.1 Å². The molecule has 2 aromatic rings. The van der Waals surface area contributed by atoms with E-state index in [-0.39, 0.29) is 17.7 Å². The minimum Gasteiger partial charge on any atom is -0.392 e. The number of rotatable bonds is 5. The second-order valence-electron chi connectivity index (χ2n) is 4.96. The van der Waals surface area contributed by atoms with Crippen molar-refractivity contribution in [2.75, 3.05) is 4.72 Å². The predicted octanol–water partition coefficient (Wildman–Crippen LogP) is 1.54. The molecule has 1 fully saturated rings. The molecule has 0 spiro atoms. The number of benzene rings is 1. The summed E-state index contributed by atoms with van der Waals surface area (Å²) in [5.74, 6) is 0.237. The summed E-state index contributed by atoms with van der Waals surface area (Å²) >= 11 is 0. The third-order valence-electron chi connectivity index (χ3n) is 3.31. The van der Waals surface area contributed by atoms with Gasteiger partial charge in [-0.2, -0.15) is 0 Å². The average molecular weight is 305 g/mol. The van der Waals surface area contributed by atoms with E-state index < -0.39 is 10.0 Å². The van der Waals surface area contributed by atoms with Crippen LogP contribution in [0.1, 0.15) is 18.4 Å². The van der Waals surface area contributed by atoms with Crippen molar-refractivity contribution < 1.29 is 13.5 Å². The van der Waals surface area contributed by atoms with Gasteiger partial charge in [-0.1, -0.05) is 24.3 Å². The summed E-state index contributed by atoms with van der Waals surface area (Å²) in [4.78, 5) is 8.31. The molecule has 6 nitrogen and oxygen atoms in total. The van der Waals surface area contributed by atoms with E-state index in [1.807, 2.05) is 0 Å². The van der Waals surface area contributed by atoms with Crippen molar-refractivity contribution in [3.05, 3.63) is 42.2 Å². The SMILES string of the molecule is O=S(=O)(Nc1nccnc1-c1ccc(CO)cc1)C1CC1. The Labute approximate surface area is 122 Å². The Kier molecular flexibility index (Phi) is 3.60. The predicted molar refractivity (Wildman–Crippen MR) is 79.0 cm³/mol. The van der Waals surface area contributed by atoms with Crippen LogP contribution in [0.25, 0.3) is 11.3 Å². The first-order valence-electron chi connectivity index (χ1n) is 6.63. The Bertz CT molecular complexity index is 740. The quantitative estimate of drug-likeness (QED) is 0.874. The van der Waals surface area contributed by atoms with Crippen LogP contribution in [-0.4, -0.2) is 28.7 Å². The van der Waals surface area contributed by atoms with Crippen LogP contribution < -0.4 is 4.72 Å². The molecule has 1 saturated carbocycles. The zero-order valence-corrected chi connectivity index (χ0v) is 12.0. The van der Waals surface area contributed by atoms with Crippen LogP contribution >= 0.6 is 0 Å². The van der Waals surface area contributed by atoms with Crippen molar-refractivity contribution in [2.24, 2.45) is 0 Å². The second-order valence-corrected chi connectivity index (χ2v) is 6.92. The molecular formula is C14H15N3O3S. The molecule has 21 heavy (non-hydrogen) atoms. The van der Waals surface area contributed by atoms with Gasteiger partial charge in [0.05, 0.1) is 11.9 Å². The molecule has 1 aromatic carbocycles. The van der Waals surface area contributed by atoms with Crippen molar-refractivity contribution in [1.82, 2.24) is 9.97 Å². The monoisotopic (exact) mass is 305 g/mol. The van der Waals surface area contributed by atoms with E-state index >= 15 is 0 Å². The molecule has 2 N–H and O–H groups in total. The van der Waals surface area contributed by atoms with Crippen molar-refractivity contribution in [1.29, 1.82) is 0 Å². The van der Waals surface area contributed by atoms with Gasteiger partial charge in [-0.3, -0.25) is 9.71 Å². The number of nitrogens with zero attached hydrogens (tertiary/aromatic N) is 2. The smallest absolute Gasteiger partial charge is 0.236 e. The van der Waals surface area contributed by atoms with Crippen molar-refractivity contribution in [3.63, 3.8) is 0 Å². The minimum atomic E-state index is -3.38. The molecule has 0 bridgehead atoms. The van der Waals surface area contributed by atoms with E-state index in [1.54, 1.807) is 24.3 Å². The number of hydrogen-bond donors (Lipinski definition) is 2. The summed E-state index contributed by atoms with van der Waals surface area (Å²) in [7, 11) is -3.38. The molecule has 0 unspecified atom stereocenters. The molecule has 1 aliphatic carbocycles. The first-order valence-corrected chi connectivity index (χ1v) is 8.17. The molecule has 0 saturated heterocycles. The molecule has 1 aromatic heterocycles.